The lowest BCUT2D eigenvalue weighted by Crippen LogP contribution is -2.34. The molecule has 0 saturated heterocycles. The van der Waals surface area contributed by atoms with Gasteiger partial charge in [-0.05, 0) is 25.0 Å². The Kier molecular flexibility index (Phi) is 2.04. The second-order valence-electron chi connectivity index (χ2n) is 4.31. The average molecular weight is 233 g/mol. The maximum absolute atomic E-state index is 11.7. The lowest BCUT2D eigenvalue weighted by atomic mass is 9.73. The van der Waals surface area contributed by atoms with Crippen LogP contribution >= 0.6 is 0 Å². The van der Waals surface area contributed by atoms with Crippen LogP contribution in [0.5, 0.6) is 0 Å². The van der Waals surface area contributed by atoms with E-state index in [2.05, 4.69) is 10.1 Å². The fourth-order valence-corrected chi connectivity index (χ4v) is 2.25. The predicted octanol–water partition coefficient (Wildman–Crippen LogP) is 0.601. The van der Waals surface area contributed by atoms with Crippen LogP contribution < -0.4 is 5.56 Å². The Morgan fingerprint density at radius 3 is 3.00 bits per heavy atom. The number of nitrogens with one attached hydrogen (secondary N) is 1. The Bertz CT molecular complexity index is 643. The SMILES string of the molecule is O=C(O)[C@@H]1CC[C@H]1c1nn2cccc2c(=O)[nH]1. The van der Waals surface area contributed by atoms with E-state index in [1.54, 1.807) is 18.3 Å². The number of carboxylic acid groups (broad SMARTS) is 1. The molecule has 1 saturated carbocycles. The number of hydrogen-bond donors (Lipinski definition) is 2. The molecule has 6 heteroatoms. The summed E-state index contributed by atoms with van der Waals surface area (Å²) < 4.78 is 1.49. The van der Waals surface area contributed by atoms with E-state index in [0.29, 0.717) is 17.8 Å². The van der Waals surface area contributed by atoms with Crippen molar-refractivity contribution < 1.29 is 9.90 Å². The standard InChI is InChI=1S/C11H11N3O3/c15-10-8-2-1-5-14(8)13-9(12-10)6-3-4-7(6)11(16)17/h1-2,5-7H,3-4H2,(H,16,17)(H,12,13,15)/t6-,7-/m1/s1. The highest BCUT2D eigenvalue weighted by molar-refractivity contribution is 5.72. The molecule has 1 fully saturated rings. The quantitative estimate of drug-likeness (QED) is 0.795. The van der Waals surface area contributed by atoms with E-state index in [0.717, 1.165) is 6.42 Å². The molecular formula is C11H11N3O3. The molecule has 1 aliphatic rings. The van der Waals surface area contributed by atoms with Gasteiger partial charge in [0.2, 0.25) is 0 Å². The van der Waals surface area contributed by atoms with Gasteiger partial charge < -0.3 is 10.1 Å². The summed E-state index contributed by atoms with van der Waals surface area (Å²) in [6.45, 7) is 0. The Balaban J connectivity index is 2.06. The summed E-state index contributed by atoms with van der Waals surface area (Å²) in [6.07, 6.45) is 3.09. The van der Waals surface area contributed by atoms with Crippen LogP contribution in [-0.4, -0.2) is 25.7 Å². The van der Waals surface area contributed by atoms with Gasteiger partial charge in [-0.15, -0.1) is 0 Å². The molecule has 0 unspecified atom stereocenters. The third-order valence-corrected chi connectivity index (χ3v) is 3.36. The van der Waals surface area contributed by atoms with Crippen molar-refractivity contribution in [3.8, 4) is 0 Å². The number of hydrogen-bond acceptors (Lipinski definition) is 3. The number of fused-ring (bicyclic) bond motifs is 1. The van der Waals surface area contributed by atoms with E-state index in [1.165, 1.54) is 4.52 Å². The second kappa shape index (κ2) is 3.44. The van der Waals surface area contributed by atoms with Crippen molar-refractivity contribution in [2.24, 2.45) is 5.92 Å². The van der Waals surface area contributed by atoms with Gasteiger partial charge >= 0.3 is 5.97 Å². The highest BCUT2D eigenvalue weighted by Crippen LogP contribution is 2.40. The number of aliphatic carboxylic acids is 1. The molecule has 88 valence electrons. The third-order valence-electron chi connectivity index (χ3n) is 3.36. The lowest BCUT2D eigenvalue weighted by Gasteiger charge is -2.31. The smallest absolute Gasteiger partial charge is 0.307 e. The Hall–Kier alpha value is -2.11. The maximum atomic E-state index is 11.7. The molecule has 3 rings (SSSR count). The van der Waals surface area contributed by atoms with Gasteiger partial charge in [0, 0.05) is 12.1 Å². The van der Waals surface area contributed by atoms with E-state index < -0.39 is 11.9 Å². The van der Waals surface area contributed by atoms with Crippen molar-refractivity contribution in [3.05, 3.63) is 34.5 Å². The first-order valence-corrected chi connectivity index (χ1v) is 5.47. The van der Waals surface area contributed by atoms with Crippen LogP contribution in [0.15, 0.2) is 23.1 Å². The summed E-state index contributed by atoms with van der Waals surface area (Å²) in [5, 5.41) is 13.2. The van der Waals surface area contributed by atoms with Gasteiger partial charge in [0.1, 0.15) is 11.3 Å². The number of rotatable bonds is 2. The molecule has 2 heterocycles. The minimum atomic E-state index is -0.823. The van der Waals surface area contributed by atoms with Crippen LogP contribution in [0.4, 0.5) is 0 Å². The van der Waals surface area contributed by atoms with Gasteiger partial charge in [0.15, 0.2) is 0 Å². The molecular weight excluding hydrogens is 222 g/mol. The van der Waals surface area contributed by atoms with Gasteiger partial charge in [0.05, 0.1) is 5.92 Å². The van der Waals surface area contributed by atoms with Gasteiger partial charge in [-0.1, -0.05) is 0 Å². The highest BCUT2D eigenvalue weighted by atomic mass is 16.4. The van der Waals surface area contributed by atoms with Crippen LogP contribution in [0.2, 0.25) is 0 Å². The molecule has 6 nitrogen and oxygen atoms in total. The number of carboxylic acids is 1. The molecule has 2 N–H and O–H groups in total. The zero-order valence-electron chi connectivity index (χ0n) is 8.96. The third kappa shape index (κ3) is 1.44. The topological polar surface area (TPSA) is 87.5 Å². The first-order chi connectivity index (χ1) is 8.16. The number of aromatic amines is 1. The van der Waals surface area contributed by atoms with E-state index >= 15 is 0 Å². The molecule has 0 bridgehead atoms. The second-order valence-corrected chi connectivity index (χ2v) is 4.31. The largest absolute Gasteiger partial charge is 0.481 e. The lowest BCUT2D eigenvalue weighted by molar-refractivity contribution is -0.145. The minimum Gasteiger partial charge on any atom is -0.481 e. The average Bonchev–Trinajstić information content (AvgIpc) is 2.63. The summed E-state index contributed by atoms with van der Waals surface area (Å²) in [5.74, 6) is -0.952. The molecule has 1 aliphatic carbocycles. The van der Waals surface area contributed by atoms with Crippen LogP contribution in [0, 0.1) is 5.92 Å². The van der Waals surface area contributed by atoms with Crippen molar-refractivity contribution in [2.75, 3.05) is 0 Å². The summed E-state index contributed by atoms with van der Waals surface area (Å²) >= 11 is 0. The van der Waals surface area contributed by atoms with Gasteiger partial charge in [0.25, 0.3) is 5.56 Å². The summed E-state index contributed by atoms with van der Waals surface area (Å²) in [4.78, 5) is 25.3. The van der Waals surface area contributed by atoms with Gasteiger partial charge in [-0.25, -0.2) is 4.52 Å². The van der Waals surface area contributed by atoms with Gasteiger partial charge in [-0.2, -0.15) is 5.10 Å². The molecule has 2 aromatic heterocycles. The van der Waals surface area contributed by atoms with Crippen molar-refractivity contribution >= 4 is 11.5 Å². The van der Waals surface area contributed by atoms with E-state index in [9.17, 15) is 9.59 Å². The summed E-state index contributed by atoms with van der Waals surface area (Å²) in [7, 11) is 0. The Morgan fingerprint density at radius 1 is 1.53 bits per heavy atom. The maximum Gasteiger partial charge on any atom is 0.307 e. The zero-order chi connectivity index (χ0) is 12.0. The molecule has 2 atom stereocenters. The van der Waals surface area contributed by atoms with Gasteiger partial charge in [-0.3, -0.25) is 9.59 Å². The molecule has 0 aliphatic heterocycles. The molecule has 0 radical (unpaired) electrons. The number of H-pyrrole nitrogens is 1. The fourth-order valence-electron chi connectivity index (χ4n) is 2.25. The van der Waals surface area contributed by atoms with E-state index in [4.69, 9.17) is 5.11 Å². The summed E-state index contributed by atoms with van der Waals surface area (Å²) in [6, 6.07) is 3.40. The number of aromatic nitrogens is 3. The highest BCUT2D eigenvalue weighted by Gasteiger charge is 2.39. The van der Waals surface area contributed by atoms with E-state index in [-0.39, 0.29) is 11.5 Å². The number of nitrogens with zero attached hydrogens (tertiary/aromatic N) is 2. The van der Waals surface area contributed by atoms with Crippen LogP contribution in [0.1, 0.15) is 24.6 Å². The van der Waals surface area contributed by atoms with Crippen molar-refractivity contribution in [2.45, 2.75) is 18.8 Å². The minimum absolute atomic E-state index is 0.174. The molecule has 2 aromatic rings. The van der Waals surface area contributed by atoms with Crippen LogP contribution in [0.25, 0.3) is 5.52 Å². The Morgan fingerprint density at radius 2 is 2.35 bits per heavy atom. The first kappa shape index (κ1) is 10.1. The van der Waals surface area contributed by atoms with Crippen molar-refractivity contribution in [1.82, 2.24) is 14.6 Å². The van der Waals surface area contributed by atoms with Crippen molar-refractivity contribution in [3.63, 3.8) is 0 Å². The molecule has 0 amide bonds. The molecule has 17 heavy (non-hydrogen) atoms. The Labute approximate surface area is 95.9 Å². The zero-order valence-corrected chi connectivity index (χ0v) is 8.96. The predicted molar refractivity (Wildman–Crippen MR) is 58.9 cm³/mol. The summed E-state index contributed by atoms with van der Waals surface area (Å²) in [5.41, 5.74) is 0.246. The monoisotopic (exact) mass is 233 g/mol. The van der Waals surface area contributed by atoms with Crippen LogP contribution in [-0.2, 0) is 4.79 Å². The van der Waals surface area contributed by atoms with Crippen molar-refractivity contribution in [1.29, 1.82) is 0 Å². The molecule has 0 spiro atoms. The fraction of sp³-hybridized carbons (Fsp3) is 0.364. The normalized spacial score (nSPS) is 23.5. The number of carbonyl (C=O) groups is 1. The molecule has 0 aromatic carbocycles. The van der Waals surface area contributed by atoms with Crippen LogP contribution in [0.3, 0.4) is 0 Å². The first-order valence-electron chi connectivity index (χ1n) is 5.47. The van der Waals surface area contributed by atoms with E-state index in [1.807, 2.05) is 0 Å².